The van der Waals surface area contributed by atoms with E-state index in [1.165, 1.54) is 0 Å². The van der Waals surface area contributed by atoms with Gasteiger partial charge < -0.3 is 9.32 Å². The van der Waals surface area contributed by atoms with Crippen LogP contribution in [0.5, 0.6) is 0 Å². The molecule has 1 atom stereocenters. The maximum Gasteiger partial charge on any atom is 0.200 e. The molecular formula is C19H20N6O. The number of rotatable bonds is 2. The molecular weight excluding hydrogens is 328 g/mol. The Morgan fingerprint density at radius 2 is 2.04 bits per heavy atom. The average molecular weight is 348 g/mol. The topological polar surface area (TPSA) is 72.9 Å². The van der Waals surface area contributed by atoms with Crippen LogP contribution in [0.1, 0.15) is 30.5 Å². The van der Waals surface area contributed by atoms with Gasteiger partial charge in [-0.05, 0) is 31.9 Å². The summed E-state index contributed by atoms with van der Waals surface area (Å²) in [6, 6.07) is 7.94. The number of aryl methyl sites for hydroxylation is 2. The largest absolute Gasteiger partial charge is 0.440 e. The Hall–Kier alpha value is -2.96. The van der Waals surface area contributed by atoms with E-state index in [2.05, 4.69) is 15.0 Å². The molecule has 7 heteroatoms. The smallest absolute Gasteiger partial charge is 0.200 e. The predicted molar refractivity (Wildman–Crippen MR) is 99.2 cm³/mol. The molecule has 1 fully saturated rings. The summed E-state index contributed by atoms with van der Waals surface area (Å²) in [4.78, 5) is 16.3. The van der Waals surface area contributed by atoms with Crippen molar-refractivity contribution in [1.82, 2.24) is 24.7 Å². The number of fused-ring (bicyclic) bond motifs is 2. The highest BCUT2D eigenvalue weighted by Crippen LogP contribution is 2.33. The number of hydrogen-bond donors (Lipinski definition) is 0. The molecule has 0 saturated carbocycles. The molecule has 4 aromatic rings. The average Bonchev–Trinajstić information content (AvgIpc) is 3.25. The first kappa shape index (κ1) is 15.3. The Bertz CT molecular complexity index is 1070. The molecule has 0 aliphatic carbocycles. The number of hydrogen-bond acceptors (Lipinski definition) is 6. The third-order valence-corrected chi connectivity index (χ3v) is 5.06. The lowest BCUT2D eigenvalue weighted by atomic mass is 9.98. The first-order valence-corrected chi connectivity index (χ1v) is 8.96. The zero-order valence-electron chi connectivity index (χ0n) is 14.9. The van der Waals surface area contributed by atoms with Crippen LogP contribution in [0.25, 0.3) is 22.1 Å². The second-order valence-corrected chi connectivity index (χ2v) is 6.90. The highest BCUT2D eigenvalue weighted by atomic mass is 16.3. The monoisotopic (exact) mass is 348 g/mol. The summed E-state index contributed by atoms with van der Waals surface area (Å²) in [7, 11) is 1.91. The van der Waals surface area contributed by atoms with E-state index < -0.39 is 0 Å². The summed E-state index contributed by atoms with van der Waals surface area (Å²) in [5.74, 6) is 2.81. The van der Waals surface area contributed by atoms with Crippen molar-refractivity contribution in [3.8, 4) is 0 Å². The second kappa shape index (κ2) is 5.79. The minimum Gasteiger partial charge on any atom is -0.440 e. The lowest BCUT2D eigenvalue weighted by Crippen LogP contribution is -2.35. The van der Waals surface area contributed by atoms with E-state index >= 15 is 0 Å². The number of oxazole rings is 1. The number of benzene rings is 1. The van der Waals surface area contributed by atoms with Gasteiger partial charge in [0.2, 0.25) is 0 Å². The first-order valence-electron chi connectivity index (χ1n) is 8.96. The zero-order chi connectivity index (χ0) is 17.7. The van der Waals surface area contributed by atoms with Crippen LogP contribution in [0.4, 0.5) is 5.82 Å². The van der Waals surface area contributed by atoms with E-state index in [9.17, 15) is 0 Å². The van der Waals surface area contributed by atoms with Crippen molar-refractivity contribution in [2.75, 3.05) is 18.0 Å². The lowest BCUT2D eigenvalue weighted by Gasteiger charge is -2.32. The van der Waals surface area contributed by atoms with Crippen LogP contribution in [0.3, 0.4) is 0 Å². The predicted octanol–water partition coefficient (Wildman–Crippen LogP) is 3.20. The van der Waals surface area contributed by atoms with Gasteiger partial charge in [0.25, 0.3) is 0 Å². The number of aromatic nitrogens is 5. The van der Waals surface area contributed by atoms with Gasteiger partial charge in [-0.15, -0.1) is 0 Å². The Balaban J connectivity index is 1.51. The van der Waals surface area contributed by atoms with E-state index in [-0.39, 0.29) is 5.92 Å². The fourth-order valence-electron chi connectivity index (χ4n) is 3.79. The van der Waals surface area contributed by atoms with Crippen LogP contribution < -0.4 is 4.90 Å². The number of piperidine rings is 1. The number of anilines is 1. The van der Waals surface area contributed by atoms with Gasteiger partial charge in [-0.3, -0.25) is 4.68 Å². The summed E-state index contributed by atoms with van der Waals surface area (Å²) in [5, 5.41) is 5.35. The summed E-state index contributed by atoms with van der Waals surface area (Å²) in [6.45, 7) is 3.74. The Kier molecular flexibility index (Phi) is 3.41. The molecule has 1 saturated heterocycles. The van der Waals surface area contributed by atoms with E-state index in [1.54, 1.807) is 4.68 Å². The standard InChI is InChI=1S/C19H20N6O/c1-12-21-17-14(10-20-24(17)2)18(22-12)25-9-5-6-13(11-25)19-23-15-7-3-4-8-16(15)26-19/h3-4,7-8,10,13H,5-6,9,11H2,1-2H3. The van der Waals surface area contributed by atoms with Gasteiger partial charge in [-0.2, -0.15) is 5.10 Å². The van der Waals surface area contributed by atoms with Crippen LogP contribution in [-0.2, 0) is 7.05 Å². The number of nitrogens with zero attached hydrogens (tertiary/aromatic N) is 6. The molecule has 1 aliphatic rings. The van der Waals surface area contributed by atoms with Crippen LogP contribution >= 0.6 is 0 Å². The molecule has 5 rings (SSSR count). The highest BCUT2D eigenvalue weighted by molar-refractivity contribution is 5.87. The first-order chi connectivity index (χ1) is 12.7. The van der Waals surface area contributed by atoms with Crippen LogP contribution in [-0.4, -0.2) is 37.8 Å². The number of para-hydroxylation sites is 2. The molecule has 0 bridgehead atoms. The van der Waals surface area contributed by atoms with Gasteiger partial charge in [-0.25, -0.2) is 15.0 Å². The van der Waals surface area contributed by atoms with Gasteiger partial charge in [0.15, 0.2) is 17.1 Å². The second-order valence-electron chi connectivity index (χ2n) is 6.90. The molecule has 26 heavy (non-hydrogen) atoms. The molecule has 0 N–H and O–H groups in total. The fraction of sp³-hybridized carbons (Fsp3) is 0.368. The molecule has 3 aromatic heterocycles. The van der Waals surface area contributed by atoms with Gasteiger partial charge in [-0.1, -0.05) is 12.1 Å². The van der Waals surface area contributed by atoms with Crippen molar-refractivity contribution in [3.05, 3.63) is 42.2 Å². The summed E-state index contributed by atoms with van der Waals surface area (Å²) in [5.41, 5.74) is 2.65. The summed E-state index contributed by atoms with van der Waals surface area (Å²) in [6.07, 6.45) is 4.00. The normalized spacial score (nSPS) is 18.1. The van der Waals surface area contributed by atoms with Crippen molar-refractivity contribution >= 4 is 28.0 Å². The maximum atomic E-state index is 6.02. The van der Waals surface area contributed by atoms with Gasteiger partial charge in [0.1, 0.15) is 17.2 Å². The van der Waals surface area contributed by atoms with Crippen molar-refractivity contribution in [2.24, 2.45) is 7.05 Å². The SMILES string of the molecule is Cc1nc(N2CCCC(c3nc4ccccc4o3)C2)c2cnn(C)c2n1. The molecule has 0 radical (unpaired) electrons. The third kappa shape index (κ3) is 2.42. The molecule has 0 spiro atoms. The molecule has 1 aromatic carbocycles. The van der Waals surface area contributed by atoms with Crippen molar-refractivity contribution < 1.29 is 4.42 Å². The molecule has 0 amide bonds. The van der Waals surface area contributed by atoms with E-state index in [4.69, 9.17) is 14.4 Å². The van der Waals surface area contributed by atoms with E-state index in [1.807, 2.05) is 44.4 Å². The molecule has 132 valence electrons. The van der Waals surface area contributed by atoms with Crippen LogP contribution in [0, 0.1) is 6.92 Å². The summed E-state index contributed by atoms with van der Waals surface area (Å²) < 4.78 is 7.82. The molecule has 4 heterocycles. The van der Waals surface area contributed by atoms with Gasteiger partial charge in [0.05, 0.1) is 17.5 Å². The quantitative estimate of drug-likeness (QED) is 0.554. The highest BCUT2D eigenvalue weighted by Gasteiger charge is 2.28. The fourth-order valence-corrected chi connectivity index (χ4v) is 3.79. The van der Waals surface area contributed by atoms with Crippen LogP contribution in [0.2, 0.25) is 0 Å². The third-order valence-electron chi connectivity index (χ3n) is 5.06. The molecule has 1 aliphatic heterocycles. The van der Waals surface area contributed by atoms with Crippen molar-refractivity contribution in [1.29, 1.82) is 0 Å². The zero-order valence-corrected chi connectivity index (χ0v) is 14.9. The minimum absolute atomic E-state index is 0.262. The molecule has 1 unspecified atom stereocenters. The molecule has 7 nitrogen and oxygen atoms in total. The Morgan fingerprint density at radius 1 is 1.15 bits per heavy atom. The van der Waals surface area contributed by atoms with Crippen molar-refractivity contribution in [3.63, 3.8) is 0 Å². The maximum absolute atomic E-state index is 6.02. The van der Waals surface area contributed by atoms with Gasteiger partial charge in [0, 0.05) is 20.1 Å². The summed E-state index contributed by atoms with van der Waals surface area (Å²) >= 11 is 0. The van der Waals surface area contributed by atoms with Gasteiger partial charge >= 0.3 is 0 Å². The van der Waals surface area contributed by atoms with E-state index in [0.717, 1.165) is 65.6 Å². The Labute approximate surface area is 150 Å². The van der Waals surface area contributed by atoms with E-state index in [0.29, 0.717) is 0 Å². The minimum atomic E-state index is 0.262. The lowest BCUT2D eigenvalue weighted by molar-refractivity contribution is 0.412. The Morgan fingerprint density at radius 3 is 2.92 bits per heavy atom. The van der Waals surface area contributed by atoms with Crippen molar-refractivity contribution in [2.45, 2.75) is 25.7 Å². The van der Waals surface area contributed by atoms with Crippen LogP contribution in [0.15, 0.2) is 34.9 Å².